The number of rotatable bonds is 13. The van der Waals surface area contributed by atoms with Gasteiger partial charge in [0.2, 0.25) is 17.8 Å². The van der Waals surface area contributed by atoms with E-state index in [1.807, 2.05) is 43.0 Å². The molecule has 5 heterocycles. The Bertz CT molecular complexity index is 2320. The van der Waals surface area contributed by atoms with E-state index in [1.54, 1.807) is 29.2 Å². The summed E-state index contributed by atoms with van der Waals surface area (Å²) in [4.78, 5) is 51.8. The van der Waals surface area contributed by atoms with Crippen molar-refractivity contribution < 1.29 is 24.2 Å². The summed E-state index contributed by atoms with van der Waals surface area (Å²) in [7, 11) is 6.94. The highest BCUT2D eigenvalue weighted by atomic mass is 35.5. The number of nitrogens with one attached hydrogen (secondary N) is 2. The van der Waals surface area contributed by atoms with Crippen LogP contribution in [0, 0.1) is 0 Å². The van der Waals surface area contributed by atoms with Crippen LogP contribution in [0.3, 0.4) is 0 Å². The molecule has 7 rings (SSSR count). The first-order valence-corrected chi connectivity index (χ1v) is 19.2. The molecule has 56 heavy (non-hydrogen) atoms. The van der Waals surface area contributed by atoms with Crippen molar-refractivity contribution >= 4 is 68.5 Å². The van der Waals surface area contributed by atoms with Crippen LogP contribution in [-0.4, -0.2) is 98.1 Å². The minimum Gasteiger partial charge on any atom is -0.390 e. The van der Waals surface area contributed by atoms with Gasteiger partial charge in [0.15, 0.2) is 12.1 Å². The van der Waals surface area contributed by atoms with E-state index in [0.717, 1.165) is 42.5 Å². The fourth-order valence-corrected chi connectivity index (χ4v) is 7.82. The van der Waals surface area contributed by atoms with Crippen molar-refractivity contribution in [1.29, 1.82) is 0 Å². The molecule has 2 amide bonds. The smallest absolute Gasteiger partial charge is 0.329 e. The number of methoxy groups -OCH3 is 2. The summed E-state index contributed by atoms with van der Waals surface area (Å²) in [6, 6.07) is 12.0. The van der Waals surface area contributed by atoms with Gasteiger partial charge in [0, 0.05) is 77.2 Å². The van der Waals surface area contributed by atoms with Gasteiger partial charge in [0.05, 0.1) is 46.5 Å². The molecule has 0 spiro atoms. The van der Waals surface area contributed by atoms with Crippen molar-refractivity contribution in [2.24, 2.45) is 7.05 Å². The Morgan fingerprint density at radius 2 is 1.79 bits per heavy atom. The average molecular weight is 789 g/mol. The maximum Gasteiger partial charge on any atom is 0.329 e. The number of amides is 2. The van der Waals surface area contributed by atoms with Crippen LogP contribution in [0.15, 0.2) is 47.4 Å². The molecule has 298 valence electrons. The zero-order valence-corrected chi connectivity index (χ0v) is 33.3. The number of halogens is 1. The van der Waals surface area contributed by atoms with Crippen LogP contribution in [0.4, 0.5) is 23.1 Å². The standard InChI is InChI=1S/C39H49ClN10O6/c1-39(2,54)15-18-49-31-19-23(7-11-29(31)50(38(49)53)22-33(55-5)56-6)42-35-28(40)21-41-37(44-35)46(3)24-13-16-48(17-14-24)25-8-9-26-30(20-25)47(4)45-34(26)27-10-12-32(51)43-36(27)52/h7-9,11,19-21,24,27,33,54H,10,12-18,22H2,1-6H3,(H,41,42,44)(H,43,51,52). The number of aromatic nitrogens is 6. The lowest BCUT2D eigenvalue weighted by Gasteiger charge is -2.38. The number of fused-ring (bicyclic) bond motifs is 2. The molecular weight excluding hydrogens is 740 g/mol. The van der Waals surface area contributed by atoms with Gasteiger partial charge in [-0.2, -0.15) is 10.1 Å². The molecule has 17 heteroatoms. The lowest BCUT2D eigenvalue weighted by molar-refractivity contribution is -0.134. The summed E-state index contributed by atoms with van der Waals surface area (Å²) in [6.45, 7) is 5.59. The molecule has 0 saturated carbocycles. The summed E-state index contributed by atoms with van der Waals surface area (Å²) >= 11 is 6.64. The van der Waals surface area contributed by atoms with Gasteiger partial charge in [-0.15, -0.1) is 0 Å². The number of imide groups is 1. The molecule has 2 aromatic carbocycles. The number of carbonyl (C=O) groups is 2. The number of ether oxygens (including phenoxy) is 2. The third-order valence-electron chi connectivity index (χ3n) is 10.9. The van der Waals surface area contributed by atoms with Crippen LogP contribution < -0.4 is 26.1 Å². The van der Waals surface area contributed by atoms with E-state index in [1.165, 1.54) is 14.2 Å². The van der Waals surface area contributed by atoms with E-state index in [2.05, 4.69) is 37.6 Å². The number of hydrogen-bond donors (Lipinski definition) is 3. The minimum absolute atomic E-state index is 0.184. The fourth-order valence-electron chi connectivity index (χ4n) is 7.68. The first-order valence-electron chi connectivity index (χ1n) is 18.8. The number of hydrogen-bond acceptors (Lipinski definition) is 12. The minimum atomic E-state index is -0.960. The SMILES string of the molecule is COC(Cn1c(=O)n(CCC(C)(C)O)c2cc(Nc3nc(N(C)C4CCN(c5ccc6c(C7CCC(=O)NC7=O)nn(C)c6c5)CC4)ncc3Cl)ccc21)OC. The van der Waals surface area contributed by atoms with Crippen molar-refractivity contribution in [2.75, 3.05) is 49.5 Å². The molecule has 2 aliphatic rings. The average Bonchev–Trinajstić information content (AvgIpc) is 3.64. The van der Waals surface area contributed by atoms with Crippen LogP contribution in [0.5, 0.6) is 0 Å². The molecule has 0 bridgehead atoms. The number of nitrogens with zero attached hydrogens (tertiary/aromatic N) is 8. The summed E-state index contributed by atoms with van der Waals surface area (Å²) < 4.78 is 15.9. The zero-order chi connectivity index (χ0) is 39.9. The molecule has 0 aliphatic carbocycles. The second kappa shape index (κ2) is 15.8. The molecule has 16 nitrogen and oxygen atoms in total. The summed E-state index contributed by atoms with van der Waals surface area (Å²) in [5, 5.41) is 22.2. The number of piperidine rings is 2. The molecule has 2 aliphatic heterocycles. The van der Waals surface area contributed by atoms with Gasteiger partial charge < -0.3 is 29.7 Å². The third-order valence-corrected chi connectivity index (χ3v) is 11.2. The molecule has 1 atom stereocenters. The molecule has 5 aromatic rings. The van der Waals surface area contributed by atoms with Crippen LogP contribution in [0.25, 0.3) is 21.9 Å². The van der Waals surface area contributed by atoms with Gasteiger partial charge in [0.25, 0.3) is 0 Å². The van der Waals surface area contributed by atoms with Crippen LogP contribution in [-0.2, 0) is 39.2 Å². The molecule has 0 radical (unpaired) electrons. The van der Waals surface area contributed by atoms with Crippen molar-refractivity contribution in [2.45, 2.75) is 82.9 Å². The normalized spacial score (nSPS) is 17.0. The number of anilines is 4. The maximum absolute atomic E-state index is 13.6. The molecule has 3 aromatic heterocycles. The van der Waals surface area contributed by atoms with E-state index in [-0.39, 0.29) is 30.1 Å². The highest BCUT2D eigenvalue weighted by Gasteiger charge is 2.32. The van der Waals surface area contributed by atoms with Gasteiger partial charge >= 0.3 is 5.69 Å². The number of carbonyl (C=O) groups excluding carboxylic acids is 2. The van der Waals surface area contributed by atoms with Crippen molar-refractivity contribution in [1.82, 2.24) is 34.2 Å². The lowest BCUT2D eigenvalue weighted by Crippen LogP contribution is -2.44. The highest BCUT2D eigenvalue weighted by molar-refractivity contribution is 6.33. The maximum atomic E-state index is 13.6. The molecule has 2 saturated heterocycles. The predicted octanol–water partition coefficient (Wildman–Crippen LogP) is 4.28. The zero-order valence-electron chi connectivity index (χ0n) is 32.6. The van der Waals surface area contributed by atoms with Crippen LogP contribution in [0.1, 0.15) is 57.6 Å². The Morgan fingerprint density at radius 1 is 1.04 bits per heavy atom. The Balaban J connectivity index is 1.05. The topological polar surface area (TPSA) is 174 Å². The van der Waals surface area contributed by atoms with Gasteiger partial charge in [-0.1, -0.05) is 11.6 Å². The van der Waals surface area contributed by atoms with E-state index < -0.39 is 17.8 Å². The number of imidazole rings is 1. The number of aliphatic hydroxyl groups is 1. The Kier molecular flexibility index (Phi) is 11.1. The molecule has 1 unspecified atom stereocenters. The van der Waals surface area contributed by atoms with Crippen molar-refractivity contribution in [3.05, 3.63) is 63.8 Å². The van der Waals surface area contributed by atoms with E-state index in [0.29, 0.717) is 65.0 Å². The van der Waals surface area contributed by atoms with Gasteiger partial charge in [-0.25, -0.2) is 9.78 Å². The highest BCUT2D eigenvalue weighted by Crippen LogP contribution is 2.34. The van der Waals surface area contributed by atoms with Gasteiger partial charge in [-0.3, -0.25) is 28.7 Å². The summed E-state index contributed by atoms with van der Waals surface area (Å²) in [6.07, 6.45) is 3.87. The van der Waals surface area contributed by atoms with Crippen molar-refractivity contribution in [3.63, 3.8) is 0 Å². The second-order valence-electron chi connectivity index (χ2n) is 15.2. The van der Waals surface area contributed by atoms with E-state index in [4.69, 9.17) is 31.2 Å². The van der Waals surface area contributed by atoms with Crippen molar-refractivity contribution in [3.8, 4) is 0 Å². The third kappa shape index (κ3) is 7.96. The van der Waals surface area contributed by atoms with Crippen LogP contribution in [0.2, 0.25) is 5.02 Å². The fraction of sp³-hybridized carbons (Fsp3) is 0.487. The Labute approximate surface area is 329 Å². The molecular formula is C39H49ClN10O6. The van der Waals surface area contributed by atoms with Crippen LogP contribution >= 0.6 is 11.6 Å². The number of benzene rings is 2. The van der Waals surface area contributed by atoms with Gasteiger partial charge in [0.1, 0.15) is 5.02 Å². The lowest BCUT2D eigenvalue weighted by atomic mass is 9.92. The summed E-state index contributed by atoms with van der Waals surface area (Å²) in [5.41, 5.74) is 3.60. The largest absolute Gasteiger partial charge is 0.390 e. The second-order valence-corrected chi connectivity index (χ2v) is 15.7. The summed E-state index contributed by atoms with van der Waals surface area (Å²) in [5.74, 6) is -0.00173. The molecule has 2 fully saturated rings. The monoisotopic (exact) mass is 788 g/mol. The Hall–Kier alpha value is -5.03. The van der Waals surface area contributed by atoms with Gasteiger partial charge in [-0.05, 0) is 75.9 Å². The quantitative estimate of drug-likeness (QED) is 0.114. The number of aryl methyl sites for hydroxylation is 2. The first-order chi connectivity index (χ1) is 26.7. The van der Waals surface area contributed by atoms with E-state index in [9.17, 15) is 19.5 Å². The Morgan fingerprint density at radius 3 is 2.48 bits per heavy atom. The van der Waals surface area contributed by atoms with E-state index >= 15 is 0 Å². The predicted molar refractivity (Wildman–Crippen MR) is 215 cm³/mol. The molecule has 3 N–H and O–H groups in total. The first kappa shape index (κ1) is 39.2.